The lowest BCUT2D eigenvalue weighted by Crippen LogP contribution is -2.43. The number of thioether (sulfide) groups is 1. The molecule has 1 aromatic rings. The van der Waals surface area contributed by atoms with Gasteiger partial charge in [-0.1, -0.05) is 0 Å². The Bertz CT molecular complexity index is 398. The van der Waals surface area contributed by atoms with E-state index >= 15 is 0 Å². The Hall–Kier alpha value is -1.00. The molecule has 0 unspecified atom stereocenters. The number of rotatable bonds is 3. The van der Waals surface area contributed by atoms with Crippen molar-refractivity contribution in [2.45, 2.75) is 23.3 Å². The Kier molecular flexibility index (Phi) is 2.95. The van der Waals surface area contributed by atoms with E-state index in [1.807, 2.05) is 30.5 Å². The molecule has 1 amide bonds. The van der Waals surface area contributed by atoms with Crippen molar-refractivity contribution < 1.29 is 4.79 Å². The minimum Gasteiger partial charge on any atom is -0.317 e. The number of hydrogen-bond acceptors (Lipinski definition) is 3. The summed E-state index contributed by atoms with van der Waals surface area (Å²) in [6.45, 7) is 0. The van der Waals surface area contributed by atoms with Gasteiger partial charge in [-0.15, -0.1) is 11.8 Å². The van der Waals surface area contributed by atoms with E-state index in [9.17, 15) is 4.79 Å². The van der Waals surface area contributed by atoms with Crippen molar-refractivity contribution >= 4 is 23.4 Å². The normalized spacial score (nSPS) is 16.9. The summed E-state index contributed by atoms with van der Waals surface area (Å²) in [6.07, 6.45) is 3.64. The first-order valence-corrected chi connectivity index (χ1v) is 6.50. The van der Waals surface area contributed by atoms with Crippen molar-refractivity contribution in [3.63, 3.8) is 0 Å². The highest BCUT2D eigenvalue weighted by Crippen LogP contribution is 2.35. The highest BCUT2D eigenvalue weighted by Gasteiger charge is 2.47. The van der Waals surface area contributed by atoms with Crippen molar-refractivity contribution in [2.75, 3.05) is 18.2 Å². The molecule has 2 N–H and O–H groups in total. The monoisotopic (exact) mass is 236 g/mol. The van der Waals surface area contributed by atoms with Crippen molar-refractivity contribution in [1.29, 1.82) is 0 Å². The molecule has 0 saturated heterocycles. The summed E-state index contributed by atoms with van der Waals surface area (Å²) in [7, 11) is 1.78. The van der Waals surface area contributed by atoms with Gasteiger partial charge in [0.1, 0.15) is 0 Å². The Morgan fingerprint density at radius 3 is 2.38 bits per heavy atom. The van der Waals surface area contributed by atoms with Crippen LogP contribution in [0, 0.1) is 0 Å². The van der Waals surface area contributed by atoms with Gasteiger partial charge in [0.25, 0.3) is 0 Å². The van der Waals surface area contributed by atoms with Gasteiger partial charge in [0.2, 0.25) is 5.91 Å². The van der Waals surface area contributed by atoms with E-state index in [1.165, 1.54) is 4.90 Å². The first kappa shape index (κ1) is 11.5. The molecule has 3 nitrogen and oxygen atoms in total. The van der Waals surface area contributed by atoms with Crippen LogP contribution in [-0.2, 0) is 4.79 Å². The predicted octanol–water partition coefficient (Wildman–Crippen LogP) is 1.86. The van der Waals surface area contributed by atoms with E-state index in [-0.39, 0.29) is 5.91 Å². The minimum atomic E-state index is -0.590. The van der Waals surface area contributed by atoms with Gasteiger partial charge in [-0.3, -0.25) is 4.79 Å². The molecule has 0 radical (unpaired) electrons. The number of benzene rings is 1. The maximum absolute atomic E-state index is 12.0. The fraction of sp³-hybridized carbons (Fsp3) is 0.417. The molecular weight excluding hydrogens is 220 g/mol. The number of nitrogens with zero attached hydrogens (tertiary/aromatic N) is 1. The number of amides is 1. The Morgan fingerprint density at radius 1 is 1.38 bits per heavy atom. The van der Waals surface area contributed by atoms with Crippen molar-refractivity contribution in [1.82, 2.24) is 0 Å². The van der Waals surface area contributed by atoms with Gasteiger partial charge in [0.15, 0.2) is 0 Å². The third kappa shape index (κ3) is 2.08. The Morgan fingerprint density at radius 2 is 1.94 bits per heavy atom. The topological polar surface area (TPSA) is 46.3 Å². The number of nitrogens with two attached hydrogens (primary N) is 1. The second-order valence-electron chi connectivity index (χ2n) is 4.22. The molecule has 16 heavy (non-hydrogen) atoms. The first-order chi connectivity index (χ1) is 7.57. The molecule has 1 saturated carbocycles. The molecule has 86 valence electrons. The summed E-state index contributed by atoms with van der Waals surface area (Å²) in [5, 5.41) is 0. The lowest BCUT2D eigenvalue weighted by molar-refractivity contribution is -0.120. The first-order valence-electron chi connectivity index (χ1n) is 5.28. The second kappa shape index (κ2) is 4.11. The quantitative estimate of drug-likeness (QED) is 0.815. The molecule has 4 heteroatoms. The second-order valence-corrected chi connectivity index (χ2v) is 5.10. The van der Waals surface area contributed by atoms with Crippen LogP contribution in [0.25, 0.3) is 0 Å². The van der Waals surface area contributed by atoms with E-state index < -0.39 is 5.54 Å². The van der Waals surface area contributed by atoms with Crippen LogP contribution in [-0.4, -0.2) is 24.7 Å². The van der Waals surface area contributed by atoms with Gasteiger partial charge < -0.3 is 10.6 Å². The third-order valence-corrected chi connectivity index (χ3v) is 3.72. The number of likely N-dealkylation sites (N-methyl/N-ethyl adjacent to an activating group) is 1. The van der Waals surface area contributed by atoms with E-state index in [2.05, 4.69) is 0 Å². The number of carbonyl (C=O) groups is 1. The van der Waals surface area contributed by atoms with Crippen LogP contribution in [0.2, 0.25) is 0 Å². The smallest absolute Gasteiger partial charge is 0.246 e. The van der Waals surface area contributed by atoms with E-state index in [4.69, 9.17) is 5.73 Å². The van der Waals surface area contributed by atoms with Gasteiger partial charge in [-0.25, -0.2) is 0 Å². The van der Waals surface area contributed by atoms with Crippen LogP contribution in [0.4, 0.5) is 5.69 Å². The molecule has 0 aromatic heterocycles. The average molecular weight is 236 g/mol. The standard InChI is InChI=1S/C12H16N2OS/c1-14(11(15)12(13)7-8-12)9-3-5-10(16-2)6-4-9/h3-6H,7-8,13H2,1-2H3. The predicted molar refractivity (Wildman–Crippen MR) is 67.8 cm³/mol. The number of hydrogen-bond donors (Lipinski definition) is 1. The molecule has 2 rings (SSSR count). The SMILES string of the molecule is CSc1ccc(N(C)C(=O)C2(N)CC2)cc1. The minimum absolute atomic E-state index is 0.0180. The van der Waals surface area contributed by atoms with Crippen molar-refractivity contribution in [2.24, 2.45) is 5.73 Å². The van der Waals surface area contributed by atoms with E-state index in [1.54, 1.807) is 23.7 Å². The van der Waals surface area contributed by atoms with Gasteiger partial charge in [-0.05, 0) is 43.4 Å². The Balaban J connectivity index is 2.14. The molecule has 0 bridgehead atoms. The summed E-state index contributed by atoms with van der Waals surface area (Å²) in [6, 6.07) is 7.94. The zero-order valence-corrected chi connectivity index (χ0v) is 10.4. The van der Waals surface area contributed by atoms with E-state index in [0.29, 0.717) is 0 Å². The van der Waals surface area contributed by atoms with Gasteiger partial charge in [0.05, 0.1) is 5.54 Å². The van der Waals surface area contributed by atoms with E-state index in [0.717, 1.165) is 18.5 Å². The molecule has 1 aromatic carbocycles. The Labute approximate surface area is 100.0 Å². The van der Waals surface area contributed by atoms with Crippen LogP contribution in [0.15, 0.2) is 29.2 Å². The van der Waals surface area contributed by atoms with Gasteiger partial charge in [-0.2, -0.15) is 0 Å². The lowest BCUT2D eigenvalue weighted by atomic mass is 10.2. The zero-order chi connectivity index (χ0) is 11.8. The number of carbonyl (C=O) groups excluding carboxylic acids is 1. The highest BCUT2D eigenvalue weighted by atomic mass is 32.2. The fourth-order valence-corrected chi connectivity index (χ4v) is 2.01. The summed E-state index contributed by atoms with van der Waals surface area (Å²) >= 11 is 1.69. The molecule has 0 heterocycles. The largest absolute Gasteiger partial charge is 0.317 e. The van der Waals surface area contributed by atoms with Gasteiger partial charge >= 0.3 is 0 Å². The molecular formula is C12H16N2OS. The molecule has 1 aliphatic carbocycles. The summed E-state index contributed by atoms with van der Waals surface area (Å²) in [5.74, 6) is 0.0180. The molecule has 0 spiro atoms. The lowest BCUT2D eigenvalue weighted by Gasteiger charge is -2.21. The van der Waals surface area contributed by atoms with Gasteiger partial charge in [0, 0.05) is 17.6 Å². The molecule has 0 atom stereocenters. The fourth-order valence-electron chi connectivity index (χ4n) is 1.61. The highest BCUT2D eigenvalue weighted by molar-refractivity contribution is 7.98. The van der Waals surface area contributed by atoms with Crippen LogP contribution >= 0.6 is 11.8 Å². The van der Waals surface area contributed by atoms with Crippen LogP contribution in [0.1, 0.15) is 12.8 Å². The molecule has 1 fully saturated rings. The number of anilines is 1. The molecule has 1 aliphatic rings. The van der Waals surface area contributed by atoms with Crippen LogP contribution < -0.4 is 10.6 Å². The van der Waals surface area contributed by atoms with Crippen molar-refractivity contribution in [3.8, 4) is 0 Å². The summed E-state index contributed by atoms with van der Waals surface area (Å²) in [4.78, 5) is 14.8. The average Bonchev–Trinajstić information content (AvgIpc) is 3.07. The van der Waals surface area contributed by atoms with Crippen molar-refractivity contribution in [3.05, 3.63) is 24.3 Å². The molecule has 0 aliphatic heterocycles. The van der Waals surface area contributed by atoms with Crippen LogP contribution in [0.5, 0.6) is 0 Å². The maximum atomic E-state index is 12.0. The summed E-state index contributed by atoms with van der Waals surface area (Å²) < 4.78 is 0. The zero-order valence-electron chi connectivity index (χ0n) is 9.56. The maximum Gasteiger partial charge on any atom is 0.246 e. The van der Waals surface area contributed by atoms with Crippen LogP contribution in [0.3, 0.4) is 0 Å². The third-order valence-electron chi connectivity index (χ3n) is 2.98. The summed E-state index contributed by atoms with van der Waals surface area (Å²) in [5.41, 5.74) is 6.20.